The molecule has 102 valence electrons. The zero-order chi connectivity index (χ0) is 13.8. The van der Waals surface area contributed by atoms with Gasteiger partial charge < -0.3 is 10.1 Å². The summed E-state index contributed by atoms with van der Waals surface area (Å²) in [5.74, 6) is 0.790. The Morgan fingerprint density at radius 2 is 2.06 bits per heavy atom. The highest BCUT2D eigenvalue weighted by atomic mass is 79.9. The van der Waals surface area contributed by atoms with Gasteiger partial charge in [-0.05, 0) is 31.7 Å². The van der Waals surface area contributed by atoms with Gasteiger partial charge in [-0.1, -0.05) is 15.9 Å². The molecule has 0 aliphatic rings. The van der Waals surface area contributed by atoms with Gasteiger partial charge in [-0.3, -0.25) is 0 Å². The van der Waals surface area contributed by atoms with Crippen molar-refractivity contribution in [1.82, 2.24) is 5.32 Å². The molecule has 4 nitrogen and oxygen atoms in total. The lowest BCUT2D eigenvalue weighted by Gasteiger charge is -2.14. The van der Waals surface area contributed by atoms with E-state index in [-0.39, 0.29) is 12.4 Å². The Bertz CT molecular complexity index is 514. The minimum absolute atomic E-state index is 0.0293. The summed E-state index contributed by atoms with van der Waals surface area (Å²) in [4.78, 5) is 0. The molecule has 0 spiro atoms. The second kappa shape index (κ2) is 6.54. The molecular formula is C12H18BrNO3S. The van der Waals surface area contributed by atoms with E-state index >= 15 is 0 Å². The lowest BCUT2D eigenvalue weighted by Crippen LogP contribution is -2.14. The summed E-state index contributed by atoms with van der Waals surface area (Å²) in [5.41, 5.74) is 2.00. The first-order valence-electron chi connectivity index (χ1n) is 5.57. The highest BCUT2D eigenvalue weighted by Gasteiger charge is 2.10. The maximum absolute atomic E-state index is 11.1. The van der Waals surface area contributed by atoms with E-state index in [9.17, 15) is 8.42 Å². The van der Waals surface area contributed by atoms with Crippen LogP contribution in [0.1, 0.15) is 11.1 Å². The van der Waals surface area contributed by atoms with Gasteiger partial charge in [0.15, 0.2) is 9.84 Å². The van der Waals surface area contributed by atoms with Crippen LogP contribution in [0.25, 0.3) is 0 Å². The second-order valence-corrected chi connectivity index (χ2v) is 7.40. The molecule has 1 aromatic rings. The van der Waals surface area contributed by atoms with Crippen LogP contribution in [0.2, 0.25) is 0 Å². The molecule has 0 saturated heterocycles. The number of benzene rings is 1. The number of hydrogen-bond donors (Lipinski definition) is 1. The average Bonchev–Trinajstić information content (AvgIpc) is 2.20. The van der Waals surface area contributed by atoms with E-state index in [0.29, 0.717) is 6.54 Å². The number of rotatable bonds is 6. The molecule has 0 fully saturated rings. The van der Waals surface area contributed by atoms with Crippen LogP contribution in [0, 0.1) is 6.92 Å². The van der Waals surface area contributed by atoms with Gasteiger partial charge in [0.2, 0.25) is 0 Å². The van der Waals surface area contributed by atoms with Gasteiger partial charge in [0.25, 0.3) is 0 Å². The van der Waals surface area contributed by atoms with Crippen molar-refractivity contribution in [2.45, 2.75) is 13.5 Å². The molecule has 0 radical (unpaired) electrons. The highest BCUT2D eigenvalue weighted by Crippen LogP contribution is 2.28. The highest BCUT2D eigenvalue weighted by molar-refractivity contribution is 9.10. The standard InChI is InChI=1S/C12H18BrNO3S/c1-9-6-11(13)7-10(8-14-2)12(9)17-4-5-18(3,15)16/h6-7,14H,4-5,8H2,1-3H3. The van der Waals surface area contributed by atoms with Crippen molar-refractivity contribution in [2.24, 2.45) is 0 Å². The molecular weight excluding hydrogens is 318 g/mol. The fourth-order valence-electron chi connectivity index (χ4n) is 1.62. The Morgan fingerprint density at radius 1 is 1.39 bits per heavy atom. The Kier molecular flexibility index (Phi) is 5.62. The zero-order valence-corrected chi connectivity index (χ0v) is 13.2. The minimum atomic E-state index is -2.99. The quantitative estimate of drug-likeness (QED) is 0.862. The van der Waals surface area contributed by atoms with Crippen molar-refractivity contribution in [3.8, 4) is 5.75 Å². The third-order valence-electron chi connectivity index (χ3n) is 2.38. The van der Waals surface area contributed by atoms with E-state index in [0.717, 1.165) is 21.3 Å². The van der Waals surface area contributed by atoms with Crippen LogP contribution in [0.15, 0.2) is 16.6 Å². The number of halogens is 1. The Morgan fingerprint density at radius 3 is 2.61 bits per heavy atom. The lowest BCUT2D eigenvalue weighted by atomic mass is 10.1. The van der Waals surface area contributed by atoms with E-state index in [4.69, 9.17) is 4.74 Å². The summed E-state index contributed by atoms with van der Waals surface area (Å²) in [6, 6.07) is 3.92. The van der Waals surface area contributed by atoms with Crippen LogP contribution in [-0.4, -0.2) is 34.1 Å². The van der Waals surface area contributed by atoms with Gasteiger partial charge in [0, 0.05) is 22.8 Å². The smallest absolute Gasteiger partial charge is 0.150 e. The molecule has 0 heterocycles. The summed E-state index contributed by atoms with van der Waals surface area (Å²) in [6.45, 7) is 2.80. The van der Waals surface area contributed by atoms with E-state index in [1.54, 1.807) is 0 Å². The summed E-state index contributed by atoms with van der Waals surface area (Å²) >= 11 is 3.44. The van der Waals surface area contributed by atoms with E-state index < -0.39 is 9.84 Å². The summed E-state index contributed by atoms with van der Waals surface area (Å²) in [6.07, 6.45) is 1.21. The first-order chi connectivity index (χ1) is 8.33. The first kappa shape index (κ1) is 15.5. The van der Waals surface area contributed by atoms with E-state index in [1.165, 1.54) is 6.26 Å². The van der Waals surface area contributed by atoms with Gasteiger partial charge in [-0.2, -0.15) is 0 Å². The van der Waals surface area contributed by atoms with Crippen LogP contribution < -0.4 is 10.1 Å². The first-order valence-corrected chi connectivity index (χ1v) is 8.43. The fourth-order valence-corrected chi connectivity index (χ4v) is 2.63. The SMILES string of the molecule is CNCc1cc(Br)cc(C)c1OCCS(C)(=O)=O. The van der Waals surface area contributed by atoms with Crippen molar-refractivity contribution < 1.29 is 13.2 Å². The maximum atomic E-state index is 11.1. The topological polar surface area (TPSA) is 55.4 Å². The van der Waals surface area contributed by atoms with E-state index in [1.807, 2.05) is 26.1 Å². The Hall–Kier alpha value is -0.590. The molecule has 6 heteroatoms. The van der Waals surface area contributed by atoms with Gasteiger partial charge in [0.1, 0.15) is 12.4 Å². The molecule has 0 amide bonds. The van der Waals surface area contributed by atoms with Crippen molar-refractivity contribution >= 4 is 25.8 Å². The third-order valence-corrected chi connectivity index (χ3v) is 3.75. The van der Waals surface area contributed by atoms with Crippen LogP contribution in [0.3, 0.4) is 0 Å². The second-order valence-electron chi connectivity index (χ2n) is 4.22. The molecule has 0 saturated carbocycles. The molecule has 0 unspecified atom stereocenters. The van der Waals surface area contributed by atoms with Crippen molar-refractivity contribution in [3.63, 3.8) is 0 Å². The van der Waals surface area contributed by atoms with Gasteiger partial charge in [-0.15, -0.1) is 0 Å². The molecule has 0 aliphatic heterocycles. The van der Waals surface area contributed by atoms with Crippen molar-refractivity contribution in [2.75, 3.05) is 25.7 Å². The minimum Gasteiger partial charge on any atom is -0.492 e. The number of sulfone groups is 1. The lowest BCUT2D eigenvalue weighted by molar-refractivity contribution is 0.334. The Balaban J connectivity index is 2.86. The van der Waals surface area contributed by atoms with Crippen LogP contribution in [0.4, 0.5) is 0 Å². The van der Waals surface area contributed by atoms with Crippen molar-refractivity contribution in [3.05, 3.63) is 27.7 Å². The molecule has 0 aromatic heterocycles. The summed E-state index contributed by atoms with van der Waals surface area (Å²) in [7, 11) is -1.13. The molecule has 1 rings (SSSR count). The number of aryl methyl sites for hydroxylation is 1. The normalized spacial score (nSPS) is 11.6. The predicted molar refractivity (Wildman–Crippen MR) is 76.8 cm³/mol. The maximum Gasteiger partial charge on any atom is 0.150 e. The predicted octanol–water partition coefficient (Wildman–Crippen LogP) is 1.90. The van der Waals surface area contributed by atoms with E-state index in [2.05, 4.69) is 21.2 Å². The summed E-state index contributed by atoms with van der Waals surface area (Å²) < 4.78 is 28.7. The van der Waals surface area contributed by atoms with Crippen LogP contribution in [-0.2, 0) is 16.4 Å². The molecule has 0 atom stereocenters. The van der Waals surface area contributed by atoms with Crippen LogP contribution in [0.5, 0.6) is 5.75 Å². The van der Waals surface area contributed by atoms with Gasteiger partial charge in [-0.25, -0.2) is 8.42 Å². The van der Waals surface area contributed by atoms with Gasteiger partial charge >= 0.3 is 0 Å². The molecule has 1 aromatic carbocycles. The molecule has 1 N–H and O–H groups in total. The average molecular weight is 336 g/mol. The Labute approximate surface area is 117 Å². The molecule has 18 heavy (non-hydrogen) atoms. The summed E-state index contributed by atoms with van der Waals surface area (Å²) in [5, 5.41) is 3.07. The number of ether oxygens (including phenoxy) is 1. The largest absolute Gasteiger partial charge is 0.492 e. The monoisotopic (exact) mass is 335 g/mol. The molecule has 0 aliphatic carbocycles. The zero-order valence-electron chi connectivity index (χ0n) is 10.8. The van der Waals surface area contributed by atoms with Crippen LogP contribution >= 0.6 is 15.9 Å². The molecule has 0 bridgehead atoms. The van der Waals surface area contributed by atoms with Crippen molar-refractivity contribution in [1.29, 1.82) is 0 Å². The fraction of sp³-hybridized carbons (Fsp3) is 0.500. The van der Waals surface area contributed by atoms with Gasteiger partial charge in [0.05, 0.1) is 5.75 Å². The third kappa shape index (κ3) is 4.96. The number of nitrogens with one attached hydrogen (secondary N) is 1. The number of hydrogen-bond acceptors (Lipinski definition) is 4.